The van der Waals surface area contributed by atoms with Gasteiger partial charge in [-0.25, -0.2) is 13.4 Å². The van der Waals surface area contributed by atoms with Gasteiger partial charge in [0.25, 0.3) is 5.91 Å². The average Bonchev–Trinajstić information content (AvgIpc) is 3.07. The van der Waals surface area contributed by atoms with Crippen LogP contribution in [0.2, 0.25) is 0 Å². The second kappa shape index (κ2) is 8.45. The molecule has 1 heterocycles. The zero-order valence-corrected chi connectivity index (χ0v) is 16.5. The van der Waals surface area contributed by atoms with Crippen LogP contribution in [-0.2, 0) is 22.0 Å². The summed E-state index contributed by atoms with van der Waals surface area (Å²) in [6, 6.07) is 15.0. The van der Waals surface area contributed by atoms with Gasteiger partial charge in [-0.15, -0.1) is 11.3 Å². The minimum Gasteiger partial charge on any atom is -0.352 e. The van der Waals surface area contributed by atoms with Gasteiger partial charge in [-0.3, -0.25) is 4.79 Å². The number of thiazole rings is 1. The van der Waals surface area contributed by atoms with E-state index >= 15 is 0 Å². The first-order chi connectivity index (χ1) is 12.9. The van der Waals surface area contributed by atoms with E-state index in [2.05, 4.69) is 10.3 Å². The number of aromatic nitrogens is 1. The average molecular weight is 401 g/mol. The third-order valence-corrected chi connectivity index (χ3v) is 6.51. The van der Waals surface area contributed by atoms with Crippen molar-refractivity contribution in [1.29, 1.82) is 0 Å². The van der Waals surface area contributed by atoms with Gasteiger partial charge in [-0.2, -0.15) is 0 Å². The number of nitrogens with one attached hydrogen (secondary N) is 1. The molecule has 0 radical (unpaired) electrons. The molecular formula is C20H20N2O3S2. The molecule has 3 rings (SSSR count). The maximum Gasteiger partial charge on any atom is 0.251 e. The quantitative estimate of drug-likeness (QED) is 0.659. The lowest BCUT2D eigenvalue weighted by Crippen LogP contribution is -2.25. The second-order valence-corrected chi connectivity index (χ2v) is 9.19. The highest BCUT2D eigenvalue weighted by molar-refractivity contribution is 7.90. The number of amides is 1. The molecule has 1 N–H and O–H groups in total. The van der Waals surface area contributed by atoms with Gasteiger partial charge in [0.15, 0.2) is 9.84 Å². The van der Waals surface area contributed by atoms with Crippen molar-refractivity contribution in [3.05, 3.63) is 81.8 Å². The van der Waals surface area contributed by atoms with Crippen LogP contribution in [0.3, 0.4) is 0 Å². The fraction of sp³-hybridized carbons (Fsp3) is 0.200. The minimum absolute atomic E-state index is 0.143. The van der Waals surface area contributed by atoms with Crippen molar-refractivity contribution in [1.82, 2.24) is 10.3 Å². The first kappa shape index (κ1) is 19.3. The highest BCUT2D eigenvalue weighted by atomic mass is 32.2. The highest BCUT2D eigenvalue weighted by Crippen LogP contribution is 2.17. The smallest absolute Gasteiger partial charge is 0.251 e. The summed E-state index contributed by atoms with van der Waals surface area (Å²) in [5, 5.41) is 5.84. The van der Waals surface area contributed by atoms with E-state index < -0.39 is 9.84 Å². The highest BCUT2D eigenvalue weighted by Gasteiger charge is 2.16. The summed E-state index contributed by atoms with van der Waals surface area (Å²) >= 11 is 1.58. The molecule has 5 nitrogen and oxygen atoms in total. The number of aryl methyl sites for hydroxylation is 1. The summed E-state index contributed by atoms with van der Waals surface area (Å²) < 4.78 is 25.0. The van der Waals surface area contributed by atoms with Gasteiger partial charge in [-0.05, 0) is 36.8 Å². The van der Waals surface area contributed by atoms with Crippen LogP contribution in [0.4, 0.5) is 0 Å². The van der Waals surface area contributed by atoms with Gasteiger partial charge < -0.3 is 5.32 Å². The van der Waals surface area contributed by atoms with Gasteiger partial charge in [0.05, 0.1) is 21.3 Å². The molecule has 0 saturated carbocycles. The predicted molar refractivity (Wildman–Crippen MR) is 107 cm³/mol. The van der Waals surface area contributed by atoms with Gasteiger partial charge in [-0.1, -0.05) is 30.3 Å². The summed E-state index contributed by atoms with van der Waals surface area (Å²) in [5.74, 6) is -0.364. The zero-order valence-electron chi connectivity index (χ0n) is 14.9. The Bertz CT molecular complexity index is 1030. The van der Waals surface area contributed by atoms with E-state index in [0.717, 1.165) is 10.7 Å². The predicted octanol–water partition coefficient (Wildman–Crippen LogP) is 3.40. The van der Waals surface area contributed by atoms with Crippen LogP contribution in [-0.4, -0.2) is 25.9 Å². The van der Waals surface area contributed by atoms with E-state index in [-0.39, 0.29) is 16.6 Å². The van der Waals surface area contributed by atoms with Crippen molar-refractivity contribution < 1.29 is 13.2 Å². The van der Waals surface area contributed by atoms with E-state index in [0.29, 0.717) is 24.1 Å². The number of sulfone groups is 1. The molecule has 1 amide bonds. The van der Waals surface area contributed by atoms with E-state index in [4.69, 9.17) is 0 Å². The summed E-state index contributed by atoms with van der Waals surface area (Å²) in [5.41, 5.74) is 1.99. The minimum atomic E-state index is -3.45. The van der Waals surface area contributed by atoms with Gasteiger partial charge in [0, 0.05) is 23.9 Å². The molecule has 140 valence electrons. The molecule has 0 spiro atoms. The van der Waals surface area contributed by atoms with Gasteiger partial charge >= 0.3 is 0 Å². The van der Waals surface area contributed by atoms with Crippen LogP contribution in [0, 0.1) is 6.92 Å². The monoisotopic (exact) mass is 400 g/mol. The molecule has 0 aliphatic heterocycles. The standard InChI is InChI=1S/C20H20N2O3S2/c1-15-22-18(13-26-15)10-11-21-20(23)17-7-5-6-16(12-17)14-27(24,25)19-8-3-2-4-9-19/h2-9,12-13H,10-11,14H2,1H3,(H,21,23). The molecule has 0 atom stereocenters. The first-order valence-corrected chi connectivity index (χ1v) is 11.0. The fourth-order valence-corrected chi connectivity index (χ4v) is 4.67. The Morgan fingerprint density at radius 2 is 1.89 bits per heavy atom. The summed E-state index contributed by atoms with van der Waals surface area (Å²) in [7, 11) is -3.45. The largest absolute Gasteiger partial charge is 0.352 e. The van der Waals surface area contributed by atoms with Crippen LogP contribution in [0.1, 0.15) is 26.6 Å². The van der Waals surface area contributed by atoms with Gasteiger partial charge in [0.1, 0.15) is 0 Å². The molecule has 0 aliphatic carbocycles. The molecule has 0 fully saturated rings. The third-order valence-electron chi connectivity index (χ3n) is 3.98. The molecule has 0 saturated heterocycles. The van der Waals surface area contributed by atoms with Crippen molar-refractivity contribution in [3.8, 4) is 0 Å². The number of carbonyl (C=O) groups is 1. The SMILES string of the molecule is Cc1nc(CCNC(=O)c2cccc(CS(=O)(=O)c3ccccc3)c2)cs1. The van der Waals surface area contributed by atoms with Crippen molar-refractivity contribution in [2.24, 2.45) is 0 Å². The van der Waals surface area contributed by atoms with Crippen LogP contribution in [0.25, 0.3) is 0 Å². The summed E-state index contributed by atoms with van der Waals surface area (Å²) in [4.78, 5) is 17.0. The van der Waals surface area contributed by atoms with Crippen LogP contribution < -0.4 is 5.32 Å². The number of rotatable bonds is 7. The number of nitrogens with zero attached hydrogens (tertiary/aromatic N) is 1. The van der Waals surface area contributed by atoms with Crippen molar-refractivity contribution in [2.75, 3.05) is 6.54 Å². The Kier molecular flexibility index (Phi) is 6.03. The normalized spacial score (nSPS) is 11.3. The molecule has 2 aromatic carbocycles. The molecule has 1 aromatic heterocycles. The number of hydrogen-bond donors (Lipinski definition) is 1. The van der Waals surface area contributed by atoms with E-state index in [1.807, 2.05) is 12.3 Å². The lowest BCUT2D eigenvalue weighted by molar-refractivity contribution is 0.0954. The number of carbonyl (C=O) groups excluding carboxylic acids is 1. The van der Waals surface area contributed by atoms with Crippen molar-refractivity contribution >= 4 is 27.1 Å². The lowest BCUT2D eigenvalue weighted by atomic mass is 10.1. The second-order valence-electron chi connectivity index (χ2n) is 6.14. The zero-order chi connectivity index (χ0) is 19.3. The van der Waals surface area contributed by atoms with E-state index in [1.54, 1.807) is 65.9 Å². The topological polar surface area (TPSA) is 76.1 Å². The Morgan fingerprint density at radius 3 is 2.59 bits per heavy atom. The molecule has 0 unspecified atom stereocenters. The molecule has 27 heavy (non-hydrogen) atoms. The third kappa shape index (κ3) is 5.24. The van der Waals surface area contributed by atoms with Crippen LogP contribution >= 0.6 is 11.3 Å². The van der Waals surface area contributed by atoms with E-state index in [9.17, 15) is 13.2 Å². The molecule has 7 heteroatoms. The molecule has 0 bridgehead atoms. The van der Waals surface area contributed by atoms with E-state index in [1.165, 1.54) is 0 Å². The van der Waals surface area contributed by atoms with Crippen molar-refractivity contribution in [3.63, 3.8) is 0 Å². The Labute approximate surface area is 163 Å². The van der Waals surface area contributed by atoms with Crippen molar-refractivity contribution in [2.45, 2.75) is 24.0 Å². The lowest BCUT2D eigenvalue weighted by Gasteiger charge is -2.08. The number of hydrogen-bond acceptors (Lipinski definition) is 5. The van der Waals surface area contributed by atoms with Gasteiger partial charge in [0.2, 0.25) is 0 Å². The summed E-state index contributed by atoms with van der Waals surface area (Å²) in [6.07, 6.45) is 0.665. The van der Waals surface area contributed by atoms with Crippen LogP contribution in [0.5, 0.6) is 0 Å². The fourth-order valence-electron chi connectivity index (χ4n) is 2.66. The maximum absolute atomic E-state index is 12.5. The summed E-state index contributed by atoms with van der Waals surface area (Å²) in [6.45, 7) is 2.43. The molecular weight excluding hydrogens is 380 g/mol. The molecule has 0 aliphatic rings. The Balaban J connectivity index is 1.63. The Hall–Kier alpha value is -2.51. The maximum atomic E-state index is 12.5. The Morgan fingerprint density at radius 1 is 1.11 bits per heavy atom. The first-order valence-electron chi connectivity index (χ1n) is 8.50. The molecule has 3 aromatic rings. The number of benzene rings is 2. The van der Waals surface area contributed by atoms with Crippen LogP contribution in [0.15, 0.2) is 64.9 Å².